The van der Waals surface area contributed by atoms with Crippen molar-refractivity contribution in [1.29, 1.82) is 0 Å². The molecule has 0 saturated heterocycles. The number of thiazole rings is 1. The fourth-order valence-electron chi connectivity index (χ4n) is 2.73. The van der Waals surface area contributed by atoms with Gasteiger partial charge in [0.15, 0.2) is 0 Å². The minimum atomic E-state index is -0.431. The minimum Gasteiger partial charge on any atom is -0.465 e. The Morgan fingerprint density at radius 2 is 2.04 bits per heavy atom. The molecular weight excluding hydrogens is 370 g/mol. The number of anilines is 1. The number of ether oxygens (including phenoxy) is 1. The number of nitrogens with zero attached hydrogens (tertiary/aromatic N) is 3. The van der Waals surface area contributed by atoms with Crippen molar-refractivity contribution in [3.63, 3.8) is 0 Å². The molecule has 0 aromatic carbocycles. The van der Waals surface area contributed by atoms with Crippen LogP contribution in [0.1, 0.15) is 55.1 Å². The van der Waals surface area contributed by atoms with Crippen LogP contribution < -0.4 is 4.90 Å². The van der Waals surface area contributed by atoms with Crippen LogP contribution in [0.4, 0.5) is 5.82 Å². The van der Waals surface area contributed by atoms with Crippen molar-refractivity contribution < 1.29 is 9.53 Å². The molecule has 7 heteroatoms. The quantitative estimate of drug-likeness (QED) is 0.396. The Morgan fingerprint density at radius 3 is 2.69 bits per heavy atom. The molecule has 0 radical (unpaired) electrons. The Labute approximate surface area is 164 Å². The van der Waals surface area contributed by atoms with Gasteiger partial charge in [0.05, 0.1) is 28.9 Å². The molecule has 142 valence electrons. The van der Waals surface area contributed by atoms with Crippen LogP contribution in [0.5, 0.6) is 0 Å². The van der Waals surface area contributed by atoms with E-state index in [0.717, 1.165) is 31.6 Å². The highest BCUT2D eigenvalue weighted by atomic mass is 35.5. The first-order valence-electron chi connectivity index (χ1n) is 9.01. The van der Waals surface area contributed by atoms with E-state index >= 15 is 0 Å². The van der Waals surface area contributed by atoms with Gasteiger partial charge in [-0.3, -0.25) is 0 Å². The lowest BCUT2D eigenvalue weighted by molar-refractivity contribution is 0.0600. The van der Waals surface area contributed by atoms with Crippen LogP contribution >= 0.6 is 22.9 Å². The number of carbonyl (C=O) groups is 1. The summed E-state index contributed by atoms with van der Waals surface area (Å²) in [5, 5.41) is 2.54. The zero-order valence-electron chi connectivity index (χ0n) is 15.4. The molecule has 0 atom stereocenters. The van der Waals surface area contributed by atoms with Crippen LogP contribution in [-0.2, 0) is 11.2 Å². The first-order chi connectivity index (χ1) is 12.7. The second-order valence-electron chi connectivity index (χ2n) is 6.15. The molecule has 0 aliphatic heterocycles. The summed E-state index contributed by atoms with van der Waals surface area (Å²) in [5.74, 6) is 0.282. The molecule has 0 aliphatic carbocycles. The van der Waals surface area contributed by atoms with Gasteiger partial charge in [-0.1, -0.05) is 44.2 Å². The molecule has 0 bridgehead atoms. The standard InChI is InChI=1S/C19H26ClN3O2S/c1-3-4-5-6-7-9-23(10-8-16-13-26-14-22-16)18-17(20)11-15(12-21-18)19(24)25-2/h11-14H,3-10H2,1-2H3. The SMILES string of the molecule is CCCCCCCN(CCc1cscn1)c1ncc(C(=O)OC)cc1Cl. The van der Waals surface area contributed by atoms with Gasteiger partial charge in [0.25, 0.3) is 0 Å². The number of esters is 1. The average Bonchev–Trinajstić information content (AvgIpc) is 3.17. The van der Waals surface area contributed by atoms with Crippen molar-refractivity contribution in [3.8, 4) is 0 Å². The monoisotopic (exact) mass is 395 g/mol. The van der Waals surface area contributed by atoms with E-state index in [2.05, 4.69) is 27.2 Å². The third kappa shape index (κ3) is 6.25. The van der Waals surface area contributed by atoms with Crippen LogP contribution in [0.25, 0.3) is 0 Å². The fraction of sp³-hybridized carbons (Fsp3) is 0.526. The summed E-state index contributed by atoms with van der Waals surface area (Å²) in [6.45, 7) is 3.90. The molecule has 5 nitrogen and oxygen atoms in total. The second kappa shape index (κ2) is 11.1. The van der Waals surface area contributed by atoms with Crippen molar-refractivity contribution in [2.24, 2.45) is 0 Å². The number of pyridine rings is 1. The van der Waals surface area contributed by atoms with Gasteiger partial charge < -0.3 is 9.64 Å². The lowest BCUT2D eigenvalue weighted by Crippen LogP contribution is -2.28. The number of unbranched alkanes of at least 4 members (excludes halogenated alkanes) is 4. The Balaban J connectivity index is 2.06. The van der Waals surface area contributed by atoms with E-state index < -0.39 is 5.97 Å². The highest BCUT2D eigenvalue weighted by Crippen LogP contribution is 2.25. The molecule has 0 amide bonds. The maximum absolute atomic E-state index is 11.7. The first kappa shape index (κ1) is 20.6. The summed E-state index contributed by atoms with van der Waals surface area (Å²) in [4.78, 5) is 22.6. The van der Waals surface area contributed by atoms with Crippen molar-refractivity contribution in [1.82, 2.24) is 9.97 Å². The molecule has 0 saturated carbocycles. The summed E-state index contributed by atoms with van der Waals surface area (Å²) in [7, 11) is 1.35. The molecule has 0 N–H and O–H groups in total. The van der Waals surface area contributed by atoms with Crippen molar-refractivity contribution in [2.75, 3.05) is 25.1 Å². The number of hydrogen-bond donors (Lipinski definition) is 0. The van der Waals surface area contributed by atoms with E-state index in [1.165, 1.54) is 39.0 Å². The van der Waals surface area contributed by atoms with E-state index in [1.54, 1.807) is 17.4 Å². The fourth-order valence-corrected chi connectivity index (χ4v) is 3.61. The number of methoxy groups -OCH3 is 1. The third-order valence-electron chi connectivity index (χ3n) is 4.20. The van der Waals surface area contributed by atoms with E-state index in [0.29, 0.717) is 16.4 Å². The van der Waals surface area contributed by atoms with Gasteiger partial charge in [-0.25, -0.2) is 14.8 Å². The predicted molar refractivity (Wildman–Crippen MR) is 107 cm³/mol. The van der Waals surface area contributed by atoms with E-state index in [-0.39, 0.29) is 0 Å². The van der Waals surface area contributed by atoms with Gasteiger partial charge in [0, 0.05) is 31.1 Å². The zero-order valence-corrected chi connectivity index (χ0v) is 17.0. The van der Waals surface area contributed by atoms with Crippen LogP contribution in [0, 0.1) is 0 Å². The Morgan fingerprint density at radius 1 is 1.23 bits per heavy atom. The molecule has 2 rings (SSSR count). The number of carbonyl (C=O) groups excluding carboxylic acids is 1. The molecule has 0 aliphatic rings. The summed E-state index contributed by atoms with van der Waals surface area (Å²) >= 11 is 8.02. The Hall–Kier alpha value is -1.66. The number of hydrogen-bond acceptors (Lipinski definition) is 6. The number of halogens is 1. The molecule has 0 unspecified atom stereocenters. The highest BCUT2D eigenvalue weighted by molar-refractivity contribution is 7.07. The van der Waals surface area contributed by atoms with Crippen LogP contribution in [0.15, 0.2) is 23.2 Å². The largest absolute Gasteiger partial charge is 0.465 e. The number of rotatable bonds is 11. The van der Waals surface area contributed by atoms with Gasteiger partial charge in [0.2, 0.25) is 0 Å². The van der Waals surface area contributed by atoms with Crippen LogP contribution in [0.3, 0.4) is 0 Å². The number of aromatic nitrogens is 2. The van der Waals surface area contributed by atoms with E-state index in [4.69, 9.17) is 16.3 Å². The molecule has 0 fully saturated rings. The molecule has 26 heavy (non-hydrogen) atoms. The van der Waals surface area contributed by atoms with Gasteiger partial charge in [-0.15, -0.1) is 11.3 Å². The van der Waals surface area contributed by atoms with Crippen LogP contribution in [0.2, 0.25) is 5.02 Å². The Kier molecular flexibility index (Phi) is 8.85. The van der Waals surface area contributed by atoms with Crippen molar-refractivity contribution >= 4 is 34.7 Å². The molecular formula is C19H26ClN3O2S. The molecule has 0 spiro atoms. The highest BCUT2D eigenvalue weighted by Gasteiger charge is 2.16. The van der Waals surface area contributed by atoms with E-state index in [1.807, 2.05) is 5.51 Å². The zero-order chi connectivity index (χ0) is 18.8. The summed E-state index contributed by atoms with van der Waals surface area (Å²) < 4.78 is 4.73. The van der Waals surface area contributed by atoms with Crippen molar-refractivity contribution in [3.05, 3.63) is 39.4 Å². The summed E-state index contributed by atoms with van der Waals surface area (Å²) in [6.07, 6.45) is 8.41. The maximum Gasteiger partial charge on any atom is 0.339 e. The topological polar surface area (TPSA) is 55.3 Å². The second-order valence-corrected chi connectivity index (χ2v) is 7.28. The molecule has 2 aromatic heterocycles. The van der Waals surface area contributed by atoms with Gasteiger partial charge >= 0.3 is 5.97 Å². The molecule has 2 aromatic rings. The minimum absolute atomic E-state index is 0.364. The normalized spacial score (nSPS) is 10.7. The van der Waals surface area contributed by atoms with Gasteiger partial charge in [-0.05, 0) is 12.5 Å². The third-order valence-corrected chi connectivity index (χ3v) is 5.11. The van der Waals surface area contributed by atoms with Gasteiger partial charge in [0.1, 0.15) is 5.82 Å². The summed E-state index contributed by atoms with van der Waals surface area (Å²) in [6, 6.07) is 1.63. The summed E-state index contributed by atoms with van der Waals surface area (Å²) in [5.41, 5.74) is 3.29. The Bertz CT molecular complexity index is 679. The first-order valence-corrected chi connectivity index (χ1v) is 10.3. The van der Waals surface area contributed by atoms with E-state index in [9.17, 15) is 4.79 Å². The van der Waals surface area contributed by atoms with Crippen LogP contribution in [-0.4, -0.2) is 36.1 Å². The molecule has 2 heterocycles. The van der Waals surface area contributed by atoms with Gasteiger partial charge in [-0.2, -0.15) is 0 Å². The average molecular weight is 396 g/mol. The lowest BCUT2D eigenvalue weighted by atomic mass is 10.1. The lowest BCUT2D eigenvalue weighted by Gasteiger charge is -2.24. The maximum atomic E-state index is 11.7. The van der Waals surface area contributed by atoms with Crippen molar-refractivity contribution in [2.45, 2.75) is 45.4 Å². The smallest absolute Gasteiger partial charge is 0.339 e. The predicted octanol–water partition coefficient (Wildman–Crippen LogP) is 5.00.